The fraction of sp³-hybridized carbons (Fsp3) is 0.682. The van der Waals surface area contributed by atoms with Crippen molar-refractivity contribution in [1.82, 2.24) is 5.32 Å². The maximum absolute atomic E-state index is 12.8. The molecule has 27 heavy (non-hydrogen) atoms. The third-order valence-corrected chi connectivity index (χ3v) is 6.15. The quantitative estimate of drug-likeness (QED) is 0.686. The van der Waals surface area contributed by atoms with Crippen LogP contribution in [0.4, 0.5) is 0 Å². The fourth-order valence-corrected chi connectivity index (χ4v) is 4.63. The van der Waals surface area contributed by atoms with Gasteiger partial charge in [0, 0.05) is 30.7 Å². The zero-order valence-corrected chi connectivity index (χ0v) is 16.7. The molecule has 0 spiro atoms. The highest BCUT2D eigenvalue weighted by Crippen LogP contribution is 2.41. The minimum Gasteiger partial charge on any atom is -0.491 e. The van der Waals surface area contributed by atoms with Gasteiger partial charge in [0.15, 0.2) is 0 Å². The number of hydrogen-bond acceptors (Lipinski definition) is 4. The number of amides is 1. The Morgan fingerprint density at radius 3 is 2.67 bits per heavy atom. The maximum Gasteiger partial charge on any atom is 0.223 e. The van der Waals surface area contributed by atoms with Gasteiger partial charge in [0.1, 0.15) is 12.4 Å². The van der Waals surface area contributed by atoms with Crippen LogP contribution in [0.15, 0.2) is 18.2 Å². The lowest BCUT2D eigenvalue weighted by atomic mass is 9.65. The van der Waals surface area contributed by atoms with Crippen molar-refractivity contribution in [3.05, 3.63) is 29.3 Å². The van der Waals surface area contributed by atoms with Crippen LogP contribution in [0.5, 0.6) is 5.75 Å². The molecule has 1 aromatic carbocycles. The van der Waals surface area contributed by atoms with Gasteiger partial charge in [0.05, 0.1) is 6.61 Å². The highest BCUT2D eigenvalue weighted by Gasteiger charge is 2.40. The molecule has 0 saturated heterocycles. The number of nitrogens with one attached hydrogen (secondary N) is 1. The van der Waals surface area contributed by atoms with Crippen LogP contribution in [0.25, 0.3) is 0 Å². The van der Waals surface area contributed by atoms with E-state index in [1.165, 1.54) is 19.3 Å². The molecule has 0 aromatic heterocycles. The highest BCUT2D eigenvalue weighted by molar-refractivity contribution is 5.78. The SMILES string of the molecule is CCOCCOc1cc(C)ccc1CNC(=O)C1CC2CCCC(C1)C2N. The average Bonchev–Trinajstić information content (AvgIpc) is 2.64. The Hall–Kier alpha value is -1.59. The molecule has 3 N–H and O–H groups in total. The molecule has 3 rings (SSSR count). The van der Waals surface area contributed by atoms with Crippen LogP contribution in [0, 0.1) is 24.7 Å². The summed E-state index contributed by atoms with van der Waals surface area (Å²) in [6.45, 7) is 6.29. The Balaban J connectivity index is 1.55. The van der Waals surface area contributed by atoms with Crippen molar-refractivity contribution in [2.24, 2.45) is 23.5 Å². The van der Waals surface area contributed by atoms with E-state index in [1.54, 1.807) is 0 Å². The molecular formula is C22H34N2O3. The summed E-state index contributed by atoms with van der Waals surface area (Å²) >= 11 is 0. The second-order valence-electron chi connectivity index (χ2n) is 8.07. The smallest absolute Gasteiger partial charge is 0.223 e. The van der Waals surface area contributed by atoms with E-state index in [1.807, 2.05) is 26.0 Å². The lowest BCUT2D eigenvalue weighted by Crippen LogP contribution is -2.49. The van der Waals surface area contributed by atoms with E-state index in [4.69, 9.17) is 15.2 Å². The van der Waals surface area contributed by atoms with Gasteiger partial charge in [-0.3, -0.25) is 4.79 Å². The molecule has 0 heterocycles. The molecule has 1 amide bonds. The van der Waals surface area contributed by atoms with Gasteiger partial charge in [-0.05, 0) is 63.0 Å². The molecule has 0 radical (unpaired) electrons. The molecular weight excluding hydrogens is 340 g/mol. The molecule has 2 aliphatic rings. The van der Waals surface area contributed by atoms with Crippen LogP contribution in [0.3, 0.4) is 0 Å². The Morgan fingerprint density at radius 1 is 1.22 bits per heavy atom. The Bertz CT molecular complexity index is 620. The van der Waals surface area contributed by atoms with Crippen molar-refractivity contribution >= 4 is 5.91 Å². The van der Waals surface area contributed by atoms with Gasteiger partial charge < -0.3 is 20.5 Å². The second-order valence-corrected chi connectivity index (χ2v) is 8.07. The summed E-state index contributed by atoms with van der Waals surface area (Å²) in [6.07, 6.45) is 5.50. The molecule has 2 bridgehead atoms. The van der Waals surface area contributed by atoms with Crippen molar-refractivity contribution in [2.75, 3.05) is 19.8 Å². The van der Waals surface area contributed by atoms with E-state index in [0.29, 0.717) is 44.2 Å². The van der Waals surface area contributed by atoms with Crippen LogP contribution >= 0.6 is 0 Å². The van der Waals surface area contributed by atoms with Gasteiger partial charge in [-0.1, -0.05) is 18.6 Å². The van der Waals surface area contributed by atoms with E-state index >= 15 is 0 Å². The first-order valence-corrected chi connectivity index (χ1v) is 10.4. The number of carbonyl (C=O) groups excluding carboxylic acids is 1. The molecule has 1 aromatic rings. The molecule has 2 aliphatic carbocycles. The number of benzene rings is 1. The summed E-state index contributed by atoms with van der Waals surface area (Å²) in [5.74, 6) is 2.14. The van der Waals surface area contributed by atoms with E-state index < -0.39 is 0 Å². The topological polar surface area (TPSA) is 73.6 Å². The third-order valence-electron chi connectivity index (χ3n) is 6.15. The van der Waals surface area contributed by atoms with Crippen molar-refractivity contribution in [1.29, 1.82) is 0 Å². The zero-order chi connectivity index (χ0) is 19.2. The molecule has 5 heteroatoms. The molecule has 150 valence electrons. The van der Waals surface area contributed by atoms with E-state index in [0.717, 1.165) is 29.7 Å². The first-order valence-electron chi connectivity index (χ1n) is 10.4. The fourth-order valence-electron chi connectivity index (χ4n) is 4.63. The number of hydrogen-bond donors (Lipinski definition) is 2. The number of rotatable bonds is 8. The van der Waals surface area contributed by atoms with Crippen molar-refractivity contribution in [3.63, 3.8) is 0 Å². The molecule has 2 fully saturated rings. The number of fused-ring (bicyclic) bond motifs is 2. The predicted octanol–water partition coefficient (Wildman–Crippen LogP) is 3.18. The molecule has 5 nitrogen and oxygen atoms in total. The van der Waals surface area contributed by atoms with Crippen LogP contribution in [-0.4, -0.2) is 31.8 Å². The lowest BCUT2D eigenvalue weighted by Gasteiger charge is -2.43. The predicted molar refractivity (Wildman–Crippen MR) is 107 cm³/mol. The standard InChI is InChI=1S/C22H34N2O3/c1-3-26-9-10-27-20-11-15(2)7-8-18(20)14-24-22(25)19-12-16-5-4-6-17(13-19)21(16)23/h7-8,11,16-17,19,21H,3-6,9-10,12-14,23H2,1-2H3,(H,24,25). The second kappa shape index (κ2) is 9.56. The van der Waals surface area contributed by atoms with Crippen LogP contribution < -0.4 is 15.8 Å². The first kappa shape index (κ1) is 20.2. The summed E-state index contributed by atoms with van der Waals surface area (Å²) in [7, 11) is 0. The summed E-state index contributed by atoms with van der Waals surface area (Å²) in [5.41, 5.74) is 8.51. The van der Waals surface area contributed by atoms with Gasteiger partial charge in [-0.15, -0.1) is 0 Å². The summed E-state index contributed by atoms with van der Waals surface area (Å²) in [4.78, 5) is 12.8. The Morgan fingerprint density at radius 2 is 1.96 bits per heavy atom. The number of ether oxygens (including phenoxy) is 2. The minimum absolute atomic E-state index is 0.105. The summed E-state index contributed by atoms with van der Waals surface area (Å²) < 4.78 is 11.2. The van der Waals surface area contributed by atoms with Crippen LogP contribution in [0.1, 0.15) is 50.2 Å². The summed E-state index contributed by atoms with van der Waals surface area (Å²) in [6, 6.07) is 6.42. The first-order chi connectivity index (χ1) is 13.1. The molecule has 2 atom stereocenters. The van der Waals surface area contributed by atoms with Crippen LogP contribution in [-0.2, 0) is 16.1 Å². The molecule has 2 unspecified atom stereocenters. The van der Waals surface area contributed by atoms with Crippen molar-refractivity contribution in [3.8, 4) is 5.75 Å². The molecule has 0 aliphatic heterocycles. The Labute approximate surface area is 163 Å². The number of aryl methyl sites for hydroxylation is 1. The number of nitrogens with two attached hydrogens (primary N) is 1. The van der Waals surface area contributed by atoms with Gasteiger partial charge in [-0.25, -0.2) is 0 Å². The van der Waals surface area contributed by atoms with Gasteiger partial charge in [0.25, 0.3) is 0 Å². The average molecular weight is 375 g/mol. The van der Waals surface area contributed by atoms with E-state index in [-0.39, 0.29) is 11.8 Å². The number of carbonyl (C=O) groups is 1. The minimum atomic E-state index is 0.105. The van der Waals surface area contributed by atoms with Gasteiger partial charge >= 0.3 is 0 Å². The molecule has 2 saturated carbocycles. The largest absolute Gasteiger partial charge is 0.491 e. The summed E-state index contributed by atoms with van der Waals surface area (Å²) in [5, 5.41) is 3.14. The monoisotopic (exact) mass is 374 g/mol. The van der Waals surface area contributed by atoms with E-state index in [2.05, 4.69) is 11.4 Å². The maximum atomic E-state index is 12.8. The zero-order valence-electron chi connectivity index (χ0n) is 16.7. The van der Waals surface area contributed by atoms with Crippen molar-refractivity contribution in [2.45, 2.75) is 58.5 Å². The van der Waals surface area contributed by atoms with Gasteiger partial charge in [0.2, 0.25) is 5.91 Å². The van der Waals surface area contributed by atoms with E-state index in [9.17, 15) is 4.79 Å². The third kappa shape index (κ3) is 5.23. The highest BCUT2D eigenvalue weighted by atomic mass is 16.5. The Kier molecular flexibility index (Phi) is 7.13. The van der Waals surface area contributed by atoms with Gasteiger partial charge in [-0.2, -0.15) is 0 Å². The normalized spacial score (nSPS) is 27.2. The lowest BCUT2D eigenvalue weighted by molar-refractivity contribution is -0.128. The van der Waals surface area contributed by atoms with Crippen LogP contribution in [0.2, 0.25) is 0 Å². The van der Waals surface area contributed by atoms with Crippen molar-refractivity contribution < 1.29 is 14.3 Å².